The van der Waals surface area contributed by atoms with Gasteiger partial charge in [-0.3, -0.25) is 0 Å². The molecule has 0 spiro atoms. The molecule has 0 unspecified atom stereocenters. The van der Waals surface area contributed by atoms with E-state index in [2.05, 4.69) is 10.3 Å². The molecule has 17 heavy (non-hydrogen) atoms. The highest BCUT2D eigenvalue weighted by Gasteiger charge is 2.04. The molecule has 0 radical (unpaired) electrons. The summed E-state index contributed by atoms with van der Waals surface area (Å²) in [5.74, 6) is -0.0150. The lowest BCUT2D eigenvalue weighted by Crippen LogP contribution is -1.96. The number of anilines is 2. The standard InChI is InChI=1S/C12H7ClFN3/c13-9-2-4-12(16-7-9)17-11-3-1-8(6-15)5-10(11)14/h1-5,7H,(H,16,17). The number of hydrogen-bond donors (Lipinski definition) is 1. The fraction of sp³-hybridized carbons (Fsp3) is 0. The summed E-state index contributed by atoms with van der Waals surface area (Å²) in [6.07, 6.45) is 1.46. The number of halogens is 2. The number of nitrogens with one attached hydrogen (secondary N) is 1. The molecule has 1 aromatic carbocycles. The van der Waals surface area contributed by atoms with E-state index >= 15 is 0 Å². The van der Waals surface area contributed by atoms with Crippen LogP contribution in [0.25, 0.3) is 0 Å². The minimum Gasteiger partial charge on any atom is -0.338 e. The van der Waals surface area contributed by atoms with Crippen LogP contribution in [0.5, 0.6) is 0 Å². The van der Waals surface area contributed by atoms with Gasteiger partial charge in [0.15, 0.2) is 0 Å². The molecule has 84 valence electrons. The minimum absolute atomic E-state index is 0.263. The van der Waals surface area contributed by atoms with E-state index in [0.717, 1.165) is 6.07 Å². The maximum Gasteiger partial charge on any atom is 0.147 e. The van der Waals surface area contributed by atoms with Gasteiger partial charge >= 0.3 is 0 Å². The first kappa shape index (κ1) is 11.4. The third-order valence-corrected chi connectivity index (χ3v) is 2.31. The summed E-state index contributed by atoms with van der Waals surface area (Å²) < 4.78 is 13.5. The molecule has 0 amide bonds. The zero-order valence-corrected chi connectivity index (χ0v) is 9.37. The van der Waals surface area contributed by atoms with Crippen molar-refractivity contribution < 1.29 is 4.39 Å². The van der Waals surface area contributed by atoms with Gasteiger partial charge in [0.25, 0.3) is 0 Å². The SMILES string of the molecule is N#Cc1ccc(Nc2ccc(Cl)cn2)c(F)c1. The van der Waals surface area contributed by atoms with Crippen molar-refractivity contribution in [2.24, 2.45) is 0 Å². The van der Waals surface area contributed by atoms with Crippen molar-refractivity contribution in [3.63, 3.8) is 0 Å². The second-order valence-electron chi connectivity index (χ2n) is 3.29. The number of aromatic nitrogens is 1. The smallest absolute Gasteiger partial charge is 0.147 e. The fourth-order valence-electron chi connectivity index (χ4n) is 1.27. The predicted molar refractivity (Wildman–Crippen MR) is 63.6 cm³/mol. The first-order valence-electron chi connectivity index (χ1n) is 4.77. The molecule has 1 heterocycles. The van der Waals surface area contributed by atoms with Gasteiger partial charge in [0.05, 0.1) is 22.3 Å². The van der Waals surface area contributed by atoms with Crippen LogP contribution < -0.4 is 5.32 Å². The van der Waals surface area contributed by atoms with E-state index in [-0.39, 0.29) is 11.3 Å². The van der Waals surface area contributed by atoms with Gasteiger partial charge in [-0.1, -0.05) is 11.6 Å². The normalized spacial score (nSPS) is 9.71. The van der Waals surface area contributed by atoms with Crippen molar-refractivity contribution in [2.45, 2.75) is 0 Å². The van der Waals surface area contributed by atoms with Gasteiger partial charge in [-0.05, 0) is 30.3 Å². The summed E-state index contributed by atoms with van der Waals surface area (Å²) in [6, 6.07) is 9.34. The summed E-state index contributed by atoms with van der Waals surface area (Å²) in [5.41, 5.74) is 0.538. The van der Waals surface area contributed by atoms with E-state index in [4.69, 9.17) is 16.9 Å². The van der Waals surface area contributed by atoms with Gasteiger partial charge in [0, 0.05) is 6.20 Å². The number of hydrogen-bond acceptors (Lipinski definition) is 3. The number of pyridine rings is 1. The third kappa shape index (κ3) is 2.71. The van der Waals surface area contributed by atoms with Crippen molar-refractivity contribution in [3.8, 4) is 6.07 Å². The largest absolute Gasteiger partial charge is 0.338 e. The van der Waals surface area contributed by atoms with E-state index < -0.39 is 5.82 Å². The highest BCUT2D eigenvalue weighted by Crippen LogP contribution is 2.20. The van der Waals surface area contributed by atoms with Crippen LogP contribution in [0.4, 0.5) is 15.9 Å². The van der Waals surface area contributed by atoms with Gasteiger partial charge in [-0.15, -0.1) is 0 Å². The summed E-state index contributed by atoms with van der Waals surface area (Å²) >= 11 is 5.69. The fourth-order valence-corrected chi connectivity index (χ4v) is 1.39. The molecule has 0 saturated heterocycles. The Morgan fingerprint density at radius 2 is 2.12 bits per heavy atom. The number of nitriles is 1. The molecule has 1 aromatic heterocycles. The second-order valence-corrected chi connectivity index (χ2v) is 3.73. The maximum atomic E-state index is 13.5. The van der Waals surface area contributed by atoms with Crippen molar-refractivity contribution in [1.29, 1.82) is 5.26 Å². The molecule has 3 nitrogen and oxygen atoms in total. The zero-order chi connectivity index (χ0) is 12.3. The molecule has 1 N–H and O–H groups in total. The van der Waals surface area contributed by atoms with Crippen LogP contribution in [0.1, 0.15) is 5.56 Å². The van der Waals surface area contributed by atoms with E-state index in [1.165, 1.54) is 18.3 Å². The van der Waals surface area contributed by atoms with Crippen molar-refractivity contribution in [2.75, 3.05) is 5.32 Å². The van der Waals surface area contributed by atoms with Crippen LogP contribution in [0.15, 0.2) is 36.5 Å². The lowest BCUT2D eigenvalue weighted by Gasteiger charge is -2.06. The molecular formula is C12H7ClFN3. The molecule has 0 aliphatic rings. The summed E-state index contributed by atoms with van der Waals surface area (Å²) in [4.78, 5) is 3.98. The molecule has 0 saturated carbocycles. The van der Waals surface area contributed by atoms with Crippen LogP contribution in [-0.2, 0) is 0 Å². The number of rotatable bonds is 2. The quantitative estimate of drug-likeness (QED) is 0.884. The number of nitrogens with zero attached hydrogens (tertiary/aromatic N) is 2. The van der Waals surface area contributed by atoms with Crippen LogP contribution in [0.2, 0.25) is 5.02 Å². The Bertz CT molecular complexity index is 575. The summed E-state index contributed by atoms with van der Waals surface area (Å²) in [6.45, 7) is 0. The Labute approximate surface area is 102 Å². The number of benzene rings is 1. The third-order valence-electron chi connectivity index (χ3n) is 2.09. The van der Waals surface area contributed by atoms with E-state index in [1.54, 1.807) is 12.1 Å². The monoisotopic (exact) mass is 247 g/mol. The van der Waals surface area contributed by atoms with Crippen LogP contribution in [0.3, 0.4) is 0 Å². The second kappa shape index (κ2) is 4.81. The van der Waals surface area contributed by atoms with Gasteiger partial charge in [0.2, 0.25) is 0 Å². The van der Waals surface area contributed by atoms with Gasteiger partial charge in [-0.2, -0.15) is 5.26 Å². The lowest BCUT2D eigenvalue weighted by molar-refractivity contribution is 0.631. The Kier molecular flexibility index (Phi) is 3.22. The Balaban J connectivity index is 2.25. The van der Waals surface area contributed by atoms with E-state index in [1.807, 2.05) is 6.07 Å². The first-order valence-corrected chi connectivity index (χ1v) is 5.15. The minimum atomic E-state index is -0.499. The Morgan fingerprint density at radius 3 is 2.71 bits per heavy atom. The Morgan fingerprint density at radius 1 is 1.29 bits per heavy atom. The van der Waals surface area contributed by atoms with Crippen LogP contribution >= 0.6 is 11.6 Å². The predicted octanol–water partition coefficient (Wildman–Crippen LogP) is 3.49. The molecule has 5 heteroatoms. The molecule has 0 aliphatic heterocycles. The van der Waals surface area contributed by atoms with Crippen molar-refractivity contribution >= 4 is 23.1 Å². The van der Waals surface area contributed by atoms with Gasteiger partial charge in [-0.25, -0.2) is 9.37 Å². The maximum absolute atomic E-state index is 13.5. The molecular weight excluding hydrogens is 241 g/mol. The highest BCUT2D eigenvalue weighted by molar-refractivity contribution is 6.30. The molecule has 0 bridgehead atoms. The van der Waals surface area contributed by atoms with Crippen molar-refractivity contribution in [1.82, 2.24) is 4.98 Å². The average Bonchev–Trinajstić information content (AvgIpc) is 2.34. The average molecular weight is 248 g/mol. The van der Waals surface area contributed by atoms with Crippen LogP contribution in [-0.4, -0.2) is 4.98 Å². The molecule has 0 atom stereocenters. The van der Waals surface area contributed by atoms with Crippen LogP contribution in [0, 0.1) is 17.1 Å². The van der Waals surface area contributed by atoms with E-state index in [0.29, 0.717) is 10.8 Å². The Hall–Kier alpha value is -2.12. The van der Waals surface area contributed by atoms with Crippen molar-refractivity contribution in [3.05, 3.63) is 52.9 Å². The summed E-state index contributed by atoms with van der Waals surface area (Å²) in [7, 11) is 0. The van der Waals surface area contributed by atoms with E-state index in [9.17, 15) is 4.39 Å². The van der Waals surface area contributed by atoms with Gasteiger partial charge in [0.1, 0.15) is 11.6 Å². The molecule has 0 aliphatic carbocycles. The molecule has 0 fully saturated rings. The lowest BCUT2D eigenvalue weighted by atomic mass is 10.2. The van der Waals surface area contributed by atoms with Gasteiger partial charge < -0.3 is 5.32 Å². The first-order chi connectivity index (χ1) is 8.19. The topological polar surface area (TPSA) is 48.7 Å². The molecule has 2 aromatic rings. The summed E-state index contributed by atoms with van der Waals surface area (Å²) in [5, 5.41) is 11.9. The molecule has 2 rings (SSSR count). The zero-order valence-electron chi connectivity index (χ0n) is 8.61. The highest BCUT2D eigenvalue weighted by atomic mass is 35.5.